The lowest BCUT2D eigenvalue weighted by molar-refractivity contribution is 0.584. The first-order chi connectivity index (χ1) is 5.45. The Morgan fingerprint density at radius 1 is 1.50 bits per heavy atom. The molecule has 1 radical (unpaired) electrons. The maximum atomic E-state index is 8.81. The fourth-order valence-corrected chi connectivity index (χ4v) is 2.19. The lowest BCUT2D eigenvalue weighted by Crippen LogP contribution is -2.10. The standard InChI is InChI=1S/C7H10BBrNOS/c1-7(2,3)6-10-5(9)4(8-11)12-6/h11H,1-3H3. The minimum absolute atomic E-state index is 0.0500. The van der Waals surface area contributed by atoms with Crippen LogP contribution in [0.25, 0.3) is 0 Å². The van der Waals surface area contributed by atoms with Crippen LogP contribution in [0.1, 0.15) is 25.8 Å². The fraction of sp³-hybridized carbons (Fsp3) is 0.571. The molecule has 1 aromatic rings. The average molecular weight is 247 g/mol. The van der Waals surface area contributed by atoms with Crippen LogP contribution in [0.2, 0.25) is 0 Å². The van der Waals surface area contributed by atoms with Crippen LogP contribution >= 0.6 is 27.3 Å². The summed E-state index contributed by atoms with van der Waals surface area (Å²) in [5, 5.41) is 9.84. The molecule has 0 amide bonds. The van der Waals surface area contributed by atoms with Gasteiger partial charge in [0.1, 0.15) is 4.60 Å². The van der Waals surface area contributed by atoms with E-state index in [1.807, 2.05) is 0 Å². The van der Waals surface area contributed by atoms with Crippen molar-refractivity contribution in [1.82, 2.24) is 4.98 Å². The highest BCUT2D eigenvalue weighted by molar-refractivity contribution is 9.10. The molecule has 0 atom stereocenters. The van der Waals surface area contributed by atoms with Crippen LogP contribution in [0, 0.1) is 0 Å². The predicted molar refractivity (Wildman–Crippen MR) is 56.1 cm³/mol. The van der Waals surface area contributed by atoms with Crippen LogP contribution in [-0.2, 0) is 5.41 Å². The maximum Gasteiger partial charge on any atom is 0.341 e. The van der Waals surface area contributed by atoms with E-state index in [2.05, 4.69) is 41.7 Å². The lowest BCUT2D eigenvalue weighted by atomic mass is 9.98. The summed E-state index contributed by atoms with van der Waals surface area (Å²) in [5.41, 5.74) is 0.0500. The minimum Gasteiger partial charge on any atom is -0.449 e. The van der Waals surface area contributed by atoms with Gasteiger partial charge in [0.05, 0.1) is 5.01 Å². The molecule has 1 rings (SSSR count). The van der Waals surface area contributed by atoms with Crippen LogP contribution in [0.15, 0.2) is 4.60 Å². The molecule has 2 nitrogen and oxygen atoms in total. The highest BCUT2D eigenvalue weighted by Crippen LogP contribution is 2.25. The maximum absolute atomic E-state index is 8.81. The van der Waals surface area contributed by atoms with Gasteiger partial charge in [-0.05, 0) is 15.9 Å². The topological polar surface area (TPSA) is 33.1 Å². The number of halogens is 1. The summed E-state index contributed by atoms with van der Waals surface area (Å²) in [6.45, 7) is 6.29. The number of hydrogen-bond donors (Lipinski definition) is 1. The molecule has 1 N–H and O–H groups in total. The quantitative estimate of drug-likeness (QED) is 0.761. The van der Waals surface area contributed by atoms with Crippen molar-refractivity contribution in [3.05, 3.63) is 9.61 Å². The van der Waals surface area contributed by atoms with E-state index in [0.29, 0.717) is 0 Å². The summed E-state index contributed by atoms with van der Waals surface area (Å²) >= 11 is 4.78. The van der Waals surface area contributed by atoms with Gasteiger partial charge in [0, 0.05) is 10.2 Å². The van der Waals surface area contributed by atoms with Gasteiger partial charge in [-0.3, -0.25) is 0 Å². The van der Waals surface area contributed by atoms with Crippen LogP contribution in [0.3, 0.4) is 0 Å². The third-order valence-corrected chi connectivity index (χ3v) is 3.65. The molecule has 0 aliphatic heterocycles. The van der Waals surface area contributed by atoms with Gasteiger partial charge >= 0.3 is 7.48 Å². The molecule has 5 heteroatoms. The van der Waals surface area contributed by atoms with Crippen molar-refractivity contribution in [1.29, 1.82) is 0 Å². The first kappa shape index (κ1) is 10.2. The largest absolute Gasteiger partial charge is 0.449 e. The van der Waals surface area contributed by atoms with Gasteiger partial charge in [-0.15, -0.1) is 11.3 Å². The first-order valence-electron chi connectivity index (χ1n) is 3.59. The highest BCUT2D eigenvalue weighted by Gasteiger charge is 2.20. The molecule has 65 valence electrons. The van der Waals surface area contributed by atoms with Crippen molar-refractivity contribution in [3.63, 3.8) is 0 Å². The van der Waals surface area contributed by atoms with E-state index in [4.69, 9.17) is 5.02 Å². The second-order valence-electron chi connectivity index (χ2n) is 3.55. The predicted octanol–water partition coefficient (Wildman–Crippen LogP) is 1.44. The van der Waals surface area contributed by atoms with Gasteiger partial charge in [-0.2, -0.15) is 0 Å². The Morgan fingerprint density at radius 3 is 2.33 bits per heavy atom. The molecule has 0 saturated heterocycles. The van der Waals surface area contributed by atoms with Crippen molar-refractivity contribution in [2.75, 3.05) is 0 Å². The molecule has 0 aromatic carbocycles. The van der Waals surface area contributed by atoms with Gasteiger partial charge in [0.15, 0.2) is 0 Å². The normalized spacial score (nSPS) is 11.8. The van der Waals surface area contributed by atoms with Crippen molar-refractivity contribution in [2.24, 2.45) is 0 Å². The number of thiazole rings is 1. The lowest BCUT2D eigenvalue weighted by Gasteiger charge is -2.13. The monoisotopic (exact) mass is 246 g/mol. The third kappa shape index (κ3) is 2.09. The Kier molecular flexibility index (Phi) is 2.96. The van der Waals surface area contributed by atoms with Crippen molar-refractivity contribution in [3.8, 4) is 0 Å². The molecule has 0 spiro atoms. The number of hydrogen-bond acceptors (Lipinski definition) is 3. The summed E-state index contributed by atoms with van der Waals surface area (Å²) in [6, 6.07) is 0. The van der Waals surface area contributed by atoms with Gasteiger partial charge in [-0.1, -0.05) is 20.8 Å². The molecule has 0 aliphatic carbocycles. The number of rotatable bonds is 1. The van der Waals surface area contributed by atoms with E-state index in [0.717, 1.165) is 21.9 Å². The molecular weight excluding hydrogens is 237 g/mol. The van der Waals surface area contributed by atoms with Gasteiger partial charge in [0.2, 0.25) is 0 Å². The molecule has 0 fully saturated rings. The van der Waals surface area contributed by atoms with E-state index < -0.39 is 0 Å². The third-order valence-electron chi connectivity index (χ3n) is 1.37. The summed E-state index contributed by atoms with van der Waals surface area (Å²) in [6.07, 6.45) is 0. The Balaban J connectivity index is 3.05. The van der Waals surface area contributed by atoms with Crippen molar-refractivity contribution >= 4 is 39.5 Å². The Hall–Kier alpha value is 0.135. The van der Waals surface area contributed by atoms with Gasteiger partial charge in [0.25, 0.3) is 0 Å². The summed E-state index contributed by atoms with van der Waals surface area (Å²) < 4.78 is 1.50. The minimum atomic E-state index is 0.0500. The Labute approximate surface area is 85.4 Å². The molecule has 1 aromatic heterocycles. The zero-order valence-corrected chi connectivity index (χ0v) is 9.66. The van der Waals surface area contributed by atoms with Crippen LogP contribution in [0.4, 0.5) is 0 Å². The first-order valence-corrected chi connectivity index (χ1v) is 5.20. The average Bonchev–Trinajstić information content (AvgIpc) is 2.29. The van der Waals surface area contributed by atoms with E-state index in [9.17, 15) is 0 Å². The van der Waals surface area contributed by atoms with Crippen LogP contribution in [-0.4, -0.2) is 17.5 Å². The Morgan fingerprint density at radius 2 is 2.08 bits per heavy atom. The zero-order valence-electron chi connectivity index (χ0n) is 7.26. The zero-order chi connectivity index (χ0) is 9.35. The van der Waals surface area contributed by atoms with E-state index in [1.54, 1.807) is 0 Å². The SMILES string of the molecule is CC(C)(C)c1nc(Br)c([B]O)s1. The molecule has 0 unspecified atom stereocenters. The second kappa shape index (κ2) is 3.48. The Bertz CT molecular complexity index is 281. The van der Waals surface area contributed by atoms with Gasteiger partial charge in [-0.25, -0.2) is 4.98 Å². The highest BCUT2D eigenvalue weighted by atomic mass is 79.9. The molecule has 1 heterocycles. The molecule has 0 saturated carbocycles. The molecule has 0 aliphatic rings. The van der Waals surface area contributed by atoms with Crippen LogP contribution < -0.4 is 4.78 Å². The smallest absolute Gasteiger partial charge is 0.341 e. The molecule has 0 bridgehead atoms. The number of nitrogens with zero attached hydrogens (tertiary/aromatic N) is 1. The van der Waals surface area contributed by atoms with Crippen molar-refractivity contribution in [2.45, 2.75) is 26.2 Å². The van der Waals surface area contributed by atoms with E-state index >= 15 is 0 Å². The second-order valence-corrected chi connectivity index (χ2v) is 5.33. The molecular formula is C7H10BBrNOS. The summed E-state index contributed by atoms with van der Waals surface area (Å²) in [4.78, 5) is 4.30. The van der Waals surface area contributed by atoms with E-state index in [1.165, 1.54) is 11.3 Å². The molecule has 12 heavy (non-hydrogen) atoms. The van der Waals surface area contributed by atoms with Crippen LogP contribution in [0.5, 0.6) is 0 Å². The fourth-order valence-electron chi connectivity index (χ4n) is 0.714. The van der Waals surface area contributed by atoms with E-state index in [-0.39, 0.29) is 5.41 Å². The summed E-state index contributed by atoms with van der Waals surface area (Å²) in [5.74, 6) is 0. The summed E-state index contributed by atoms with van der Waals surface area (Å²) in [7, 11) is 1.08. The van der Waals surface area contributed by atoms with Gasteiger partial charge < -0.3 is 5.02 Å². The number of aromatic nitrogens is 1. The van der Waals surface area contributed by atoms with Crippen molar-refractivity contribution < 1.29 is 5.02 Å².